The van der Waals surface area contributed by atoms with Crippen LogP contribution in [0.3, 0.4) is 0 Å². The first kappa shape index (κ1) is 14.1. The SMILES string of the molecule is CC1C(=O)NCCN1S(=O)(=O)c1ccc(Cl)cc1N. The Kier molecular flexibility index (Phi) is 3.71. The first-order valence-corrected chi connectivity index (χ1v) is 7.50. The van der Waals surface area contributed by atoms with E-state index >= 15 is 0 Å². The molecule has 0 radical (unpaired) electrons. The van der Waals surface area contributed by atoms with Crippen LogP contribution >= 0.6 is 11.6 Å². The summed E-state index contributed by atoms with van der Waals surface area (Å²) < 4.78 is 26.1. The number of benzene rings is 1. The molecule has 0 spiro atoms. The van der Waals surface area contributed by atoms with Gasteiger partial charge in [0, 0.05) is 18.1 Å². The molecule has 0 saturated carbocycles. The fourth-order valence-corrected chi connectivity index (χ4v) is 3.84. The third-order valence-corrected chi connectivity index (χ3v) is 5.28. The largest absolute Gasteiger partial charge is 0.398 e. The van der Waals surface area contributed by atoms with Gasteiger partial charge in [-0.25, -0.2) is 8.42 Å². The summed E-state index contributed by atoms with van der Waals surface area (Å²) in [5.41, 5.74) is 5.78. The van der Waals surface area contributed by atoms with Gasteiger partial charge < -0.3 is 11.1 Å². The molecule has 0 bridgehead atoms. The number of carbonyl (C=O) groups excluding carboxylic acids is 1. The summed E-state index contributed by atoms with van der Waals surface area (Å²) in [6.07, 6.45) is 0. The number of halogens is 1. The van der Waals surface area contributed by atoms with Gasteiger partial charge in [-0.2, -0.15) is 4.31 Å². The first-order chi connectivity index (χ1) is 8.84. The first-order valence-electron chi connectivity index (χ1n) is 5.68. The summed E-state index contributed by atoms with van der Waals surface area (Å²) in [4.78, 5) is 11.5. The molecule has 1 atom stereocenters. The van der Waals surface area contributed by atoms with E-state index in [1.807, 2.05) is 0 Å². The Balaban J connectivity index is 2.44. The van der Waals surface area contributed by atoms with E-state index in [9.17, 15) is 13.2 Å². The predicted octanol–water partition coefficient (Wildman–Crippen LogP) is 0.431. The average molecular weight is 304 g/mol. The Hall–Kier alpha value is -1.31. The van der Waals surface area contributed by atoms with Gasteiger partial charge >= 0.3 is 0 Å². The molecule has 104 valence electrons. The zero-order valence-electron chi connectivity index (χ0n) is 10.3. The quantitative estimate of drug-likeness (QED) is 0.775. The van der Waals surface area contributed by atoms with E-state index in [-0.39, 0.29) is 29.6 Å². The number of nitrogens with two attached hydrogens (primary N) is 1. The van der Waals surface area contributed by atoms with Gasteiger partial charge in [0.25, 0.3) is 0 Å². The summed E-state index contributed by atoms with van der Waals surface area (Å²) in [5, 5.41) is 2.97. The Morgan fingerprint density at radius 3 is 2.79 bits per heavy atom. The van der Waals surface area contributed by atoms with Crippen molar-refractivity contribution in [3.8, 4) is 0 Å². The lowest BCUT2D eigenvalue weighted by molar-refractivity contribution is -0.126. The van der Waals surface area contributed by atoms with Gasteiger partial charge in [-0.3, -0.25) is 4.79 Å². The van der Waals surface area contributed by atoms with Crippen LogP contribution in [-0.2, 0) is 14.8 Å². The Morgan fingerprint density at radius 1 is 1.47 bits per heavy atom. The van der Waals surface area contributed by atoms with E-state index in [4.69, 9.17) is 17.3 Å². The van der Waals surface area contributed by atoms with Gasteiger partial charge in [0.1, 0.15) is 10.9 Å². The maximum Gasteiger partial charge on any atom is 0.245 e. The minimum Gasteiger partial charge on any atom is -0.398 e. The van der Waals surface area contributed by atoms with Crippen molar-refractivity contribution >= 4 is 33.2 Å². The summed E-state index contributed by atoms with van der Waals surface area (Å²) in [6, 6.07) is 3.43. The van der Waals surface area contributed by atoms with Crippen LogP contribution in [0.25, 0.3) is 0 Å². The van der Waals surface area contributed by atoms with Crippen molar-refractivity contribution in [1.29, 1.82) is 0 Å². The normalized spacial score (nSPS) is 21.2. The van der Waals surface area contributed by atoms with E-state index in [2.05, 4.69) is 5.32 Å². The van der Waals surface area contributed by atoms with E-state index in [0.29, 0.717) is 5.02 Å². The number of carbonyl (C=O) groups is 1. The van der Waals surface area contributed by atoms with Crippen LogP contribution in [0.2, 0.25) is 5.02 Å². The molecule has 1 unspecified atom stereocenters. The summed E-state index contributed by atoms with van der Waals surface area (Å²) >= 11 is 5.75. The van der Waals surface area contributed by atoms with Gasteiger partial charge in [-0.15, -0.1) is 0 Å². The molecule has 3 N–H and O–H groups in total. The van der Waals surface area contributed by atoms with Crippen LogP contribution in [-0.4, -0.2) is 37.8 Å². The van der Waals surface area contributed by atoms with Crippen LogP contribution in [0, 0.1) is 0 Å². The minimum absolute atomic E-state index is 0.0292. The lowest BCUT2D eigenvalue weighted by atomic mass is 10.2. The molecule has 1 fully saturated rings. The molecular formula is C11H14ClN3O3S. The number of hydrogen-bond acceptors (Lipinski definition) is 4. The van der Waals surface area contributed by atoms with E-state index < -0.39 is 16.1 Å². The summed E-state index contributed by atoms with van der Waals surface area (Å²) in [7, 11) is -3.80. The number of nitrogen functional groups attached to an aromatic ring is 1. The fraction of sp³-hybridized carbons (Fsp3) is 0.364. The van der Waals surface area contributed by atoms with Gasteiger partial charge in [-0.1, -0.05) is 11.6 Å². The molecule has 0 aliphatic carbocycles. The number of piperazine rings is 1. The molecule has 1 aromatic carbocycles. The van der Waals surface area contributed by atoms with Crippen molar-refractivity contribution in [1.82, 2.24) is 9.62 Å². The molecule has 1 amide bonds. The standard InChI is InChI=1S/C11H14ClN3O3S/c1-7-11(16)14-4-5-15(7)19(17,18)10-3-2-8(12)6-9(10)13/h2-3,6-7H,4-5,13H2,1H3,(H,14,16). The second kappa shape index (κ2) is 4.99. The maximum absolute atomic E-state index is 12.5. The zero-order valence-corrected chi connectivity index (χ0v) is 11.8. The molecule has 1 aromatic rings. The molecule has 1 heterocycles. The molecule has 8 heteroatoms. The van der Waals surface area contributed by atoms with Crippen LogP contribution < -0.4 is 11.1 Å². The second-order valence-corrected chi connectivity index (χ2v) is 6.56. The molecule has 1 aliphatic heterocycles. The lowest BCUT2D eigenvalue weighted by Gasteiger charge is -2.32. The highest BCUT2D eigenvalue weighted by Gasteiger charge is 2.36. The molecule has 2 rings (SSSR count). The van der Waals surface area contributed by atoms with Crippen molar-refractivity contribution < 1.29 is 13.2 Å². The molecule has 6 nitrogen and oxygen atoms in total. The molecule has 1 aliphatic rings. The third-order valence-electron chi connectivity index (χ3n) is 3.00. The van der Waals surface area contributed by atoms with Crippen molar-refractivity contribution in [2.45, 2.75) is 17.9 Å². The minimum atomic E-state index is -3.80. The third kappa shape index (κ3) is 2.54. The van der Waals surface area contributed by atoms with Crippen LogP contribution in [0.4, 0.5) is 5.69 Å². The number of hydrogen-bond donors (Lipinski definition) is 2. The number of sulfonamides is 1. The highest BCUT2D eigenvalue weighted by atomic mass is 35.5. The van der Waals surface area contributed by atoms with Crippen LogP contribution in [0.5, 0.6) is 0 Å². The number of amides is 1. The lowest BCUT2D eigenvalue weighted by Crippen LogP contribution is -2.55. The van der Waals surface area contributed by atoms with Crippen molar-refractivity contribution in [3.63, 3.8) is 0 Å². The zero-order chi connectivity index (χ0) is 14.2. The fourth-order valence-electron chi connectivity index (χ4n) is 1.97. The molecular weight excluding hydrogens is 290 g/mol. The van der Waals surface area contributed by atoms with Crippen molar-refractivity contribution in [2.24, 2.45) is 0 Å². The van der Waals surface area contributed by atoms with Crippen molar-refractivity contribution in [3.05, 3.63) is 23.2 Å². The number of anilines is 1. The Labute approximate surface area is 116 Å². The second-order valence-electron chi connectivity index (χ2n) is 4.26. The monoisotopic (exact) mass is 303 g/mol. The smallest absolute Gasteiger partial charge is 0.245 e. The highest BCUT2D eigenvalue weighted by Crippen LogP contribution is 2.27. The Morgan fingerprint density at radius 2 is 2.16 bits per heavy atom. The van der Waals surface area contributed by atoms with Crippen LogP contribution in [0.1, 0.15) is 6.92 Å². The molecule has 1 saturated heterocycles. The topological polar surface area (TPSA) is 92.5 Å². The number of rotatable bonds is 2. The Bertz CT molecular complexity index is 618. The maximum atomic E-state index is 12.5. The van der Waals surface area contributed by atoms with Gasteiger partial charge in [-0.05, 0) is 25.1 Å². The van der Waals surface area contributed by atoms with Crippen molar-refractivity contribution in [2.75, 3.05) is 18.8 Å². The highest BCUT2D eigenvalue weighted by molar-refractivity contribution is 7.89. The van der Waals surface area contributed by atoms with Crippen LogP contribution in [0.15, 0.2) is 23.1 Å². The number of nitrogens with zero attached hydrogens (tertiary/aromatic N) is 1. The van der Waals surface area contributed by atoms with E-state index in [0.717, 1.165) is 4.31 Å². The molecule has 19 heavy (non-hydrogen) atoms. The predicted molar refractivity (Wildman–Crippen MR) is 72.2 cm³/mol. The van der Waals surface area contributed by atoms with Gasteiger partial charge in [0.15, 0.2) is 0 Å². The summed E-state index contributed by atoms with van der Waals surface area (Å²) in [6.45, 7) is 2.05. The van der Waals surface area contributed by atoms with Gasteiger partial charge in [0.05, 0.1) is 5.69 Å². The molecule has 0 aromatic heterocycles. The number of nitrogens with one attached hydrogen (secondary N) is 1. The van der Waals surface area contributed by atoms with E-state index in [1.54, 1.807) is 0 Å². The van der Waals surface area contributed by atoms with E-state index in [1.165, 1.54) is 25.1 Å². The average Bonchev–Trinajstić information content (AvgIpc) is 2.31. The van der Waals surface area contributed by atoms with Gasteiger partial charge in [0.2, 0.25) is 15.9 Å². The summed E-state index contributed by atoms with van der Waals surface area (Å²) in [5.74, 6) is -0.317.